The second-order valence-electron chi connectivity index (χ2n) is 7.33. The van der Waals surface area contributed by atoms with Gasteiger partial charge in [0.15, 0.2) is 5.13 Å². The van der Waals surface area contributed by atoms with E-state index in [1.54, 1.807) is 13.2 Å². The predicted octanol–water partition coefficient (Wildman–Crippen LogP) is 4.32. The lowest BCUT2D eigenvalue weighted by Crippen LogP contribution is -2.24. The number of carbonyl (C=O) groups excluding carboxylic acids is 1. The van der Waals surface area contributed by atoms with E-state index < -0.39 is 15.3 Å². The topological polar surface area (TPSA) is 124 Å². The number of sulfonamides is 1. The maximum absolute atomic E-state index is 13.0. The first-order valence-electron chi connectivity index (χ1n) is 10.0. The third-order valence-electron chi connectivity index (χ3n) is 5.05. The number of thiazole rings is 1. The number of hydrogen-bond acceptors (Lipinski definition) is 8. The number of pyridine rings is 1. The van der Waals surface area contributed by atoms with Gasteiger partial charge in [-0.2, -0.15) is 0 Å². The molecule has 4 aromatic rings. The molecule has 3 N–H and O–H groups in total. The fraction of sp³-hybridized carbons (Fsp3) is 0.227. The molecule has 2 aromatic heterocycles. The van der Waals surface area contributed by atoms with Crippen LogP contribution in [0.15, 0.2) is 52.4 Å². The van der Waals surface area contributed by atoms with E-state index in [2.05, 4.69) is 10.3 Å². The van der Waals surface area contributed by atoms with Crippen LogP contribution in [-0.2, 0) is 14.8 Å². The maximum Gasteiger partial charge on any atom is 0.239 e. The molecule has 0 aliphatic carbocycles. The Balaban J connectivity index is 1.56. The normalized spacial score (nSPS) is 12.7. The summed E-state index contributed by atoms with van der Waals surface area (Å²) in [4.78, 5) is 22.1. The third kappa shape index (κ3) is 4.96. The second kappa shape index (κ2) is 9.26. The summed E-state index contributed by atoms with van der Waals surface area (Å²) in [5.41, 5.74) is 2.39. The van der Waals surface area contributed by atoms with Gasteiger partial charge in [-0.3, -0.25) is 4.79 Å². The molecule has 0 radical (unpaired) electrons. The van der Waals surface area contributed by atoms with Crippen molar-refractivity contribution in [2.24, 2.45) is 5.14 Å². The molecule has 33 heavy (non-hydrogen) atoms. The monoisotopic (exact) mass is 502 g/mol. The zero-order valence-corrected chi connectivity index (χ0v) is 20.6. The number of aryl methyl sites for hydroxylation is 1. The molecule has 1 unspecified atom stereocenters. The number of primary sulfonamides is 1. The molecule has 0 spiro atoms. The summed E-state index contributed by atoms with van der Waals surface area (Å²) in [6.45, 7) is 3.94. The molecule has 0 aliphatic heterocycles. The van der Waals surface area contributed by atoms with Crippen LogP contribution < -0.4 is 15.2 Å². The summed E-state index contributed by atoms with van der Waals surface area (Å²) in [6, 6.07) is 12.2. The SMILES string of the molecule is CCC(Sc1cc(C)c2cccc(OC)c2n1)C(=O)Nc1nc2ccc(S(N)(=O)=O)cc2s1. The minimum Gasteiger partial charge on any atom is -0.494 e. The summed E-state index contributed by atoms with van der Waals surface area (Å²) in [7, 11) is -2.20. The Morgan fingerprint density at radius 1 is 1.24 bits per heavy atom. The number of hydrogen-bond donors (Lipinski definition) is 2. The summed E-state index contributed by atoms with van der Waals surface area (Å²) >= 11 is 2.57. The Labute approximate surface area is 199 Å². The Hall–Kier alpha value is -2.73. The lowest BCUT2D eigenvalue weighted by Gasteiger charge is -2.15. The van der Waals surface area contributed by atoms with Crippen LogP contribution in [-0.4, -0.2) is 36.7 Å². The number of ether oxygens (including phenoxy) is 1. The molecule has 0 fully saturated rings. The lowest BCUT2D eigenvalue weighted by atomic mass is 10.1. The fourth-order valence-electron chi connectivity index (χ4n) is 3.38. The fourth-order valence-corrected chi connectivity index (χ4v) is 5.91. The van der Waals surface area contributed by atoms with Crippen LogP contribution in [0.25, 0.3) is 21.1 Å². The zero-order chi connectivity index (χ0) is 23.8. The maximum atomic E-state index is 13.0. The van der Waals surface area contributed by atoms with E-state index >= 15 is 0 Å². The largest absolute Gasteiger partial charge is 0.494 e. The molecule has 0 saturated carbocycles. The number of aromatic nitrogens is 2. The smallest absolute Gasteiger partial charge is 0.239 e. The third-order valence-corrected chi connectivity index (χ3v) is 8.18. The van der Waals surface area contributed by atoms with Crippen LogP contribution in [0.1, 0.15) is 18.9 Å². The first kappa shape index (κ1) is 23.4. The van der Waals surface area contributed by atoms with Crippen LogP contribution in [0.4, 0.5) is 5.13 Å². The summed E-state index contributed by atoms with van der Waals surface area (Å²) in [5, 5.41) is 9.78. The molecule has 1 amide bonds. The highest BCUT2D eigenvalue weighted by Crippen LogP contribution is 2.33. The van der Waals surface area contributed by atoms with Crippen molar-refractivity contribution in [3.05, 3.63) is 48.0 Å². The summed E-state index contributed by atoms with van der Waals surface area (Å²) in [5.74, 6) is 0.483. The molecule has 0 bridgehead atoms. The number of para-hydroxylation sites is 1. The van der Waals surface area contributed by atoms with Gasteiger partial charge in [0.05, 0.1) is 32.5 Å². The molecule has 4 rings (SSSR count). The zero-order valence-electron chi connectivity index (χ0n) is 18.2. The van der Waals surface area contributed by atoms with E-state index in [1.165, 1.54) is 35.2 Å². The van der Waals surface area contributed by atoms with Crippen molar-refractivity contribution in [2.45, 2.75) is 35.4 Å². The number of rotatable bonds is 7. The van der Waals surface area contributed by atoms with Gasteiger partial charge >= 0.3 is 0 Å². The number of fused-ring (bicyclic) bond motifs is 2. The summed E-state index contributed by atoms with van der Waals surface area (Å²) < 4.78 is 29.2. The molecular weight excluding hydrogens is 480 g/mol. The van der Waals surface area contributed by atoms with Crippen molar-refractivity contribution >= 4 is 65.3 Å². The molecule has 1 atom stereocenters. The number of nitrogens with one attached hydrogen (secondary N) is 1. The van der Waals surface area contributed by atoms with Crippen molar-refractivity contribution in [3.63, 3.8) is 0 Å². The first-order chi connectivity index (χ1) is 15.7. The number of thioether (sulfide) groups is 1. The van der Waals surface area contributed by atoms with Crippen molar-refractivity contribution in [3.8, 4) is 5.75 Å². The quantitative estimate of drug-likeness (QED) is 0.361. The van der Waals surface area contributed by atoms with Gasteiger partial charge in [0.25, 0.3) is 0 Å². The Bertz CT molecular complexity index is 1470. The van der Waals surface area contributed by atoms with Gasteiger partial charge in [0.1, 0.15) is 11.3 Å². The Morgan fingerprint density at radius 2 is 2.03 bits per heavy atom. The van der Waals surface area contributed by atoms with Crippen LogP contribution in [0.3, 0.4) is 0 Å². The molecule has 8 nitrogen and oxygen atoms in total. The van der Waals surface area contributed by atoms with E-state index in [0.717, 1.165) is 21.5 Å². The standard InChI is InChI=1S/C22H22N4O4S3/c1-4-17(31-19-10-12(2)14-6-5-7-16(30-3)20(14)25-19)21(27)26-22-24-15-9-8-13(33(23,28)29)11-18(15)32-22/h5-11,17H,4H2,1-3H3,(H2,23,28,29)(H,24,26,27). The highest BCUT2D eigenvalue weighted by atomic mass is 32.2. The van der Waals surface area contributed by atoms with Gasteiger partial charge in [0.2, 0.25) is 15.9 Å². The number of nitrogens with two attached hydrogens (primary N) is 1. The van der Waals surface area contributed by atoms with Crippen molar-refractivity contribution in [2.75, 3.05) is 12.4 Å². The second-order valence-corrected chi connectivity index (χ2v) is 11.1. The van der Waals surface area contributed by atoms with E-state index in [4.69, 9.17) is 14.9 Å². The Kier molecular flexibility index (Phi) is 6.57. The van der Waals surface area contributed by atoms with Crippen molar-refractivity contribution < 1.29 is 17.9 Å². The van der Waals surface area contributed by atoms with Gasteiger partial charge in [-0.15, -0.1) is 0 Å². The van der Waals surface area contributed by atoms with Crippen molar-refractivity contribution in [1.29, 1.82) is 0 Å². The highest BCUT2D eigenvalue weighted by molar-refractivity contribution is 8.00. The van der Waals surface area contributed by atoms with E-state index in [-0.39, 0.29) is 10.8 Å². The number of carbonyl (C=O) groups is 1. The molecule has 11 heteroatoms. The number of benzene rings is 2. The minimum absolute atomic E-state index is 0.00620. The number of nitrogens with zero attached hydrogens (tertiary/aromatic N) is 2. The molecule has 172 valence electrons. The molecule has 0 saturated heterocycles. The van der Waals surface area contributed by atoms with Gasteiger partial charge in [-0.05, 0) is 49.2 Å². The van der Waals surface area contributed by atoms with Crippen LogP contribution in [0.2, 0.25) is 0 Å². The van der Waals surface area contributed by atoms with E-state index in [1.807, 2.05) is 38.1 Å². The molecule has 0 aliphatic rings. The highest BCUT2D eigenvalue weighted by Gasteiger charge is 2.21. The molecular formula is C22H22N4O4S3. The van der Waals surface area contributed by atoms with Gasteiger partial charge in [-0.1, -0.05) is 42.2 Å². The molecule has 2 aromatic carbocycles. The molecule has 2 heterocycles. The predicted molar refractivity (Wildman–Crippen MR) is 133 cm³/mol. The van der Waals surface area contributed by atoms with E-state index in [0.29, 0.717) is 27.5 Å². The first-order valence-corrected chi connectivity index (χ1v) is 13.3. The van der Waals surface area contributed by atoms with Crippen LogP contribution >= 0.6 is 23.1 Å². The van der Waals surface area contributed by atoms with E-state index in [9.17, 15) is 13.2 Å². The van der Waals surface area contributed by atoms with Crippen LogP contribution in [0, 0.1) is 6.92 Å². The number of methoxy groups -OCH3 is 1. The summed E-state index contributed by atoms with van der Waals surface area (Å²) in [6.07, 6.45) is 0.585. The van der Waals surface area contributed by atoms with Gasteiger partial charge < -0.3 is 10.1 Å². The van der Waals surface area contributed by atoms with Gasteiger partial charge in [-0.25, -0.2) is 23.5 Å². The number of anilines is 1. The van der Waals surface area contributed by atoms with Gasteiger partial charge in [0, 0.05) is 5.39 Å². The van der Waals surface area contributed by atoms with Crippen molar-refractivity contribution in [1.82, 2.24) is 9.97 Å². The lowest BCUT2D eigenvalue weighted by molar-refractivity contribution is -0.115. The minimum atomic E-state index is -3.81. The van der Waals surface area contributed by atoms with Crippen LogP contribution in [0.5, 0.6) is 5.75 Å². The average molecular weight is 503 g/mol. The number of amides is 1. The average Bonchev–Trinajstić information content (AvgIpc) is 3.17. The Morgan fingerprint density at radius 3 is 2.73 bits per heavy atom.